The third kappa shape index (κ3) is 2.00. The van der Waals surface area contributed by atoms with E-state index in [-0.39, 0.29) is 5.41 Å². The van der Waals surface area contributed by atoms with Gasteiger partial charge in [-0.1, -0.05) is 38.8 Å². The lowest BCUT2D eigenvalue weighted by molar-refractivity contribution is -0.0883. The smallest absolute Gasteiger partial charge is 0.0487 e. The van der Waals surface area contributed by atoms with Crippen LogP contribution in [0.25, 0.3) is 0 Å². The van der Waals surface area contributed by atoms with E-state index >= 15 is 0 Å². The predicted molar refractivity (Wildman–Crippen MR) is 79.8 cm³/mol. The van der Waals surface area contributed by atoms with E-state index in [2.05, 4.69) is 26.8 Å². The molecule has 1 nitrogen and oxygen atoms in total. The zero-order valence-corrected chi connectivity index (χ0v) is 12.9. The molecule has 2 saturated carbocycles. The van der Waals surface area contributed by atoms with E-state index in [4.69, 9.17) is 0 Å². The number of hydrogen-bond acceptors (Lipinski definition) is 1. The highest BCUT2D eigenvalue weighted by Crippen LogP contribution is 2.62. The van der Waals surface area contributed by atoms with E-state index in [1.54, 1.807) is 5.57 Å². The fourth-order valence-corrected chi connectivity index (χ4v) is 5.80. The second-order valence-electron chi connectivity index (χ2n) is 8.11. The number of allylic oxidation sites excluding steroid dienone is 2. The maximum atomic E-state index is 9.93. The van der Waals surface area contributed by atoms with Crippen molar-refractivity contribution in [1.82, 2.24) is 0 Å². The van der Waals surface area contributed by atoms with Crippen molar-refractivity contribution in [3.8, 4) is 0 Å². The van der Waals surface area contributed by atoms with Crippen LogP contribution in [0.3, 0.4) is 0 Å². The van der Waals surface area contributed by atoms with Crippen molar-refractivity contribution in [3.05, 3.63) is 11.6 Å². The zero-order valence-electron chi connectivity index (χ0n) is 12.9. The Kier molecular flexibility index (Phi) is 3.32. The largest absolute Gasteiger partial charge is 0.396 e. The van der Waals surface area contributed by atoms with E-state index in [1.165, 1.54) is 44.9 Å². The molecule has 1 N–H and O–H groups in total. The first-order valence-corrected chi connectivity index (χ1v) is 8.31. The van der Waals surface area contributed by atoms with E-state index in [0.29, 0.717) is 12.0 Å². The number of fused-ring (bicyclic) bond motifs is 3. The van der Waals surface area contributed by atoms with Crippen LogP contribution in [-0.4, -0.2) is 11.7 Å². The van der Waals surface area contributed by atoms with E-state index in [9.17, 15) is 5.11 Å². The number of rotatable bonds is 1. The Hall–Kier alpha value is -0.300. The molecule has 0 saturated heterocycles. The first-order valence-electron chi connectivity index (χ1n) is 8.31. The normalized spacial score (nSPS) is 50.1. The molecule has 3 aliphatic carbocycles. The molecule has 0 aliphatic heterocycles. The van der Waals surface area contributed by atoms with Crippen molar-refractivity contribution in [1.29, 1.82) is 0 Å². The van der Waals surface area contributed by atoms with Crippen LogP contribution in [0.1, 0.15) is 65.7 Å². The molecule has 0 bridgehead atoms. The molecule has 0 amide bonds. The second-order valence-corrected chi connectivity index (χ2v) is 8.11. The SMILES string of the molecule is C[C@H]1C=C2CC[C@H]3[C@](C)(CO)CCC[C@]3(C)[C@H]2CC1. The molecular weight excluding hydrogens is 232 g/mol. The van der Waals surface area contributed by atoms with Gasteiger partial charge in [-0.2, -0.15) is 0 Å². The maximum absolute atomic E-state index is 9.93. The Morgan fingerprint density at radius 1 is 1.21 bits per heavy atom. The summed E-state index contributed by atoms with van der Waals surface area (Å²) in [5.41, 5.74) is 2.40. The minimum atomic E-state index is 0.182. The lowest BCUT2D eigenvalue weighted by atomic mass is 9.46. The van der Waals surface area contributed by atoms with Gasteiger partial charge in [-0.25, -0.2) is 0 Å². The van der Waals surface area contributed by atoms with Crippen LogP contribution in [0.15, 0.2) is 11.6 Å². The van der Waals surface area contributed by atoms with Gasteiger partial charge in [0.1, 0.15) is 0 Å². The van der Waals surface area contributed by atoms with Crippen LogP contribution in [0.5, 0.6) is 0 Å². The molecule has 0 aromatic heterocycles. The molecular formula is C18H30O. The van der Waals surface area contributed by atoms with Gasteiger partial charge in [0.05, 0.1) is 0 Å². The van der Waals surface area contributed by atoms with Crippen molar-refractivity contribution in [2.75, 3.05) is 6.61 Å². The number of hydrogen-bond donors (Lipinski definition) is 1. The molecule has 3 aliphatic rings. The molecule has 108 valence electrons. The van der Waals surface area contributed by atoms with Gasteiger partial charge in [0.2, 0.25) is 0 Å². The van der Waals surface area contributed by atoms with Gasteiger partial charge in [0.25, 0.3) is 0 Å². The summed E-state index contributed by atoms with van der Waals surface area (Å²) >= 11 is 0. The molecule has 0 aromatic carbocycles. The molecule has 2 fully saturated rings. The average molecular weight is 262 g/mol. The van der Waals surface area contributed by atoms with E-state index in [1.807, 2.05) is 0 Å². The minimum absolute atomic E-state index is 0.182. The van der Waals surface area contributed by atoms with Crippen molar-refractivity contribution >= 4 is 0 Å². The van der Waals surface area contributed by atoms with E-state index in [0.717, 1.165) is 17.8 Å². The fraction of sp³-hybridized carbons (Fsp3) is 0.889. The highest BCUT2D eigenvalue weighted by Gasteiger charge is 2.54. The van der Waals surface area contributed by atoms with Crippen LogP contribution in [0, 0.1) is 28.6 Å². The van der Waals surface area contributed by atoms with Gasteiger partial charge in [-0.3, -0.25) is 0 Å². The van der Waals surface area contributed by atoms with E-state index < -0.39 is 0 Å². The van der Waals surface area contributed by atoms with Crippen LogP contribution in [-0.2, 0) is 0 Å². The molecule has 1 heteroatoms. The number of aliphatic hydroxyl groups excluding tert-OH is 1. The predicted octanol–water partition coefficient (Wildman–Crippen LogP) is 4.56. The van der Waals surface area contributed by atoms with Crippen LogP contribution in [0.4, 0.5) is 0 Å². The number of aliphatic hydroxyl groups is 1. The van der Waals surface area contributed by atoms with Crippen LogP contribution in [0.2, 0.25) is 0 Å². The topological polar surface area (TPSA) is 20.2 Å². The summed E-state index contributed by atoms with van der Waals surface area (Å²) in [6, 6.07) is 0. The maximum Gasteiger partial charge on any atom is 0.0487 e. The van der Waals surface area contributed by atoms with Crippen molar-refractivity contribution in [3.63, 3.8) is 0 Å². The molecule has 0 radical (unpaired) electrons. The monoisotopic (exact) mass is 262 g/mol. The Labute approximate surface area is 118 Å². The Bertz CT molecular complexity index is 385. The molecule has 0 unspecified atom stereocenters. The summed E-state index contributed by atoms with van der Waals surface area (Å²) < 4.78 is 0. The molecule has 5 atom stereocenters. The third-order valence-electron chi connectivity index (χ3n) is 6.84. The van der Waals surface area contributed by atoms with Gasteiger partial charge in [-0.05, 0) is 67.1 Å². The first kappa shape index (κ1) is 13.7. The minimum Gasteiger partial charge on any atom is -0.396 e. The molecule has 3 rings (SSSR count). The van der Waals surface area contributed by atoms with Crippen LogP contribution >= 0.6 is 0 Å². The lowest BCUT2D eigenvalue weighted by Gasteiger charge is -2.59. The Morgan fingerprint density at radius 2 is 2.00 bits per heavy atom. The summed E-state index contributed by atoms with van der Waals surface area (Å²) in [7, 11) is 0. The van der Waals surface area contributed by atoms with Gasteiger partial charge in [0.15, 0.2) is 0 Å². The highest BCUT2D eigenvalue weighted by atomic mass is 16.3. The Morgan fingerprint density at radius 3 is 2.74 bits per heavy atom. The standard InChI is InChI=1S/C18H30O/c1-13-5-7-15-14(11-13)6-8-16-17(2,12-19)9-4-10-18(15,16)3/h11,13,15-16,19H,4-10,12H2,1-3H3/t13-,15+,16+,17+,18-/m1/s1. The quantitative estimate of drug-likeness (QED) is 0.687. The van der Waals surface area contributed by atoms with Gasteiger partial charge < -0.3 is 5.11 Å². The molecule has 0 spiro atoms. The summed E-state index contributed by atoms with van der Waals surface area (Å²) in [5, 5.41) is 9.93. The lowest BCUT2D eigenvalue weighted by Crippen LogP contribution is -2.52. The summed E-state index contributed by atoms with van der Waals surface area (Å²) in [5.74, 6) is 2.34. The summed E-state index contributed by atoms with van der Waals surface area (Å²) in [6.45, 7) is 7.64. The summed E-state index contributed by atoms with van der Waals surface area (Å²) in [6.07, 6.45) is 11.9. The summed E-state index contributed by atoms with van der Waals surface area (Å²) in [4.78, 5) is 0. The second kappa shape index (κ2) is 4.62. The molecule has 0 heterocycles. The van der Waals surface area contributed by atoms with Crippen molar-refractivity contribution < 1.29 is 5.11 Å². The third-order valence-corrected chi connectivity index (χ3v) is 6.84. The average Bonchev–Trinajstić information content (AvgIpc) is 2.38. The van der Waals surface area contributed by atoms with Gasteiger partial charge in [0, 0.05) is 6.61 Å². The first-order chi connectivity index (χ1) is 8.99. The molecule has 19 heavy (non-hydrogen) atoms. The van der Waals surface area contributed by atoms with Gasteiger partial charge in [-0.15, -0.1) is 0 Å². The van der Waals surface area contributed by atoms with Crippen molar-refractivity contribution in [2.24, 2.45) is 28.6 Å². The highest BCUT2D eigenvalue weighted by molar-refractivity contribution is 5.21. The molecule has 0 aromatic rings. The fourth-order valence-electron chi connectivity index (χ4n) is 5.80. The van der Waals surface area contributed by atoms with Gasteiger partial charge >= 0.3 is 0 Å². The van der Waals surface area contributed by atoms with Crippen molar-refractivity contribution in [2.45, 2.75) is 65.7 Å². The Balaban J connectivity index is 1.95. The van der Waals surface area contributed by atoms with Crippen LogP contribution < -0.4 is 0 Å². The zero-order chi connectivity index (χ0) is 13.7.